The van der Waals surface area contributed by atoms with E-state index in [9.17, 15) is 0 Å². The Hall–Kier alpha value is -0.870. The van der Waals surface area contributed by atoms with Gasteiger partial charge in [0.15, 0.2) is 0 Å². The van der Waals surface area contributed by atoms with Gasteiger partial charge in [-0.25, -0.2) is 4.98 Å². The second-order valence-electron chi connectivity index (χ2n) is 5.89. The van der Waals surface area contributed by atoms with E-state index in [2.05, 4.69) is 40.5 Å². The molecule has 2 rings (SSSR count). The number of nitrogens with zero attached hydrogens (tertiary/aromatic N) is 3. The van der Waals surface area contributed by atoms with Gasteiger partial charge in [0.25, 0.3) is 0 Å². The van der Waals surface area contributed by atoms with Crippen molar-refractivity contribution in [3.8, 4) is 0 Å². The first kappa shape index (κ1) is 14.5. The first-order valence-electron chi connectivity index (χ1n) is 7.67. The predicted molar refractivity (Wildman–Crippen MR) is 79.1 cm³/mol. The van der Waals surface area contributed by atoms with Crippen molar-refractivity contribution in [2.24, 2.45) is 0 Å². The van der Waals surface area contributed by atoms with Crippen LogP contribution in [-0.4, -0.2) is 39.6 Å². The molecule has 1 atom stereocenters. The van der Waals surface area contributed by atoms with E-state index in [0.29, 0.717) is 12.1 Å². The van der Waals surface area contributed by atoms with Crippen LogP contribution in [0.4, 0.5) is 0 Å². The van der Waals surface area contributed by atoms with Crippen LogP contribution in [0, 0.1) is 0 Å². The SMILES string of the molecule is CCCn1cncc1CN(CC1CCCN1)C(C)C. The zero-order valence-electron chi connectivity index (χ0n) is 12.6. The van der Waals surface area contributed by atoms with E-state index in [1.807, 2.05) is 12.5 Å². The maximum absolute atomic E-state index is 4.31. The number of imidazole rings is 1. The molecule has 0 bridgehead atoms. The Morgan fingerprint density at radius 3 is 3.00 bits per heavy atom. The van der Waals surface area contributed by atoms with E-state index in [1.54, 1.807) is 0 Å². The van der Waals surface area contributed by atoms with E-state index in [4.69, 9.17) is 0 Å². The van der Waals surface area contributed by atoms with E-state index in [1.165, 1.54) is 25.1 Å². The molecule has 1 aromatic rings. The second kappa shape index (κ2) is 7.06. The van der Waals surface area contributed by atoms with Crippen LogP contribution in [0.1, 0.15) is 45.7 Å². The summed E-state index contributed by atoms with van der Waals surface area (Å²) >= 11 is 0. The van der Waals surface area contributed by atoms with Crippen molar-refractivity contribution in [2.75, 3.05) is 13.1 Å². The molecule has 0 radical (unpaired) electrons. The minimum atomic E-state index is 0.576. The van der Waals surface area contributed by atoms with Crippen LogP contribution in [0.2, 0.25) is 0 Å². The van der Waals surface area contributed by atoms with Gasteiger partial charge < -0.3 is 9.88 Å². The number of rotatable bonds is 7. The molecule has 108 valence electrons. The molecule has 1 aliphatic heterocycles. The van der Waals surface area contributed by atoms with Gasteiger partial charge in [0, 0.05) is 37.9 Å². The number of aryl methyl sites for hydroxylation is 1. The maximum Gasteiger partial charge on any atom is 0.0948 e. The number of hydrogen-bond acceptors (Lipinski definition) is 3. The lowest BCUT2D eigenvalue weighted by atomic mass is 10.2. The van der Waals surface area contributed by atoms with Crippen LogP contribution in [0.25, 0.3) is 0 Å². The minimum absolute atomic E-state index is 0.576. The minimum Gasteiger partial charge on any atom is -0.333 e. The average molecular weight is 264 g/mol. The summed E-state index contributed by atoms with van der Waals surface area (Å²) in [6.45, 7) is 11.2. The van der Waals surface area contributed by atoms with Crippen LogP contribution < -0.4 is 5.32 Å². The third kappa shape index (κ3) is 4.05. The Morgan fingerprint density at radius 2 is 2.37 bits per heavy atom. The molecule has 0 aromatic carbocycles. The van der Waals surface area contributed by atoms with Crippen molar-refractivity contribution >= 4 is 0 Å². The lowest BCUT2D eigenvalue weighted by Gasteiger charge is -2.29. The zero-order valence-corrected chi connectivity index (χ0v) is 12.6. The molecule has 1 aromatic heterocycles. The lowest BCUT2D eigenvalue weighted by molar-refractivity contribution is 0.189. The van der Waals surface area contributed by atoms with Gasteiger partial charge in [-0.3, -0.25) is 4.90 Å². The summed E-state index contributed by atoms with van der Waals surface area (Å²) in [5, 5.41) is 3.60. The molecule has 4 heteroatoms. The highest BCUT2D eigenvalue weighted by atomic mass is 15.2. The van der Waals surface area contributed by atoms with Crippen LogP contribution in [0.3, 0.4) is 0 Å². The smallest absolute Gasteiger partial charge is 0.0948 e. The second-order valence-corrected chi connectivity index (χ2v) is 5.89. The summed E-state index contributed by atoms with van der Waals surface area (Å²) < 4.78 is 2.29. The Labute approximate surface area is 117 Å². The summed E-state index contributed by atoms with van der Waals surface area (Å²) in [5.74, 6) is 0. The molecule has 19 heavy (non-hydrogen) atoms. The molecule has 1 aliphatic rings. The fraction of sp³-hybridized carbons (Fsp3) is 0.800. The normalized spacial score (nSPS) is 19.7. The summed E-state index contributed by atoms with van der Waals surface area (Å²) in [6.07, 6.45) is 7.79. The van der Waals surface area contributed by atoms with Crippen molar-refractivity contribution in [3.05, 3.63) is 18.2 Å². The topological polar surface area (TPSA) is 33.1 Å². The van der Waals surface area contributed by atoms with Crippen molar-refractivity contribution in [3.63, 3.8) is 0 Å². The van der Waals surface area contributed by atoms with Crippen LogP contribution in [0.15, 0.2) is 12.5 Å². The zero-order chi connectivity index (χ0) is 13.7. The molecule has 1 unspecified atom stereocenters. The van der Waals surface area contributed by atoms with Crippen molar-refractivity contribution < 1.29 is 0 Å². The standard InChI is InChI=1S/C15H28N4/c1-4-8-18-12-16-9-15(18)11-19(13(2)3)10-14-6-5-7-17-14/h9,12-14,17H,4-8,10-11H2,1-3H3. The molecule has 0 spiro atoms. The van der Waals surface area contributed by atoms with Crippen molar-refractivity contribution in [1.82, 2.24) is 19.8 Å². The van der Waals surface area contributed by atoms with Gasteiger partial charge in [-0.1, -0.05) is 6.92 Å². The van der Waals surface area contributed by atoms with Gasteiger partial charge in [0.05, 0.1) is 12.0 Å². The van der Waals surface area contributed by atoms with Gasteiger partial charge in [-0.2, -0.15) is 0 Å². The number of hydrogen-bond donors (Lipinski definition) is 1. The first-order chi connectivity index (χ1) is 9.20. The Morgan fingerprint density at radius 1 is 1.53 bits per heavy atom. The highest BCUT2D eigenvalue weighted by Crippen LogP contribution is 2.13. The molecule has 4 nitrogen and oxygen atoms in total. The summed E-state index contributed by atoms with van der Waals surface area (Å²) in [6, 6.07) is 1.25. The molecule has 0 aliphatic carbocycles. The van der Waals surface area contributed by atoms with E-state index in [-0.39, 0.29) is 0 Å². The van der Waals surface area contributed by atoms with E-state index >= 15 is 0 Å². The van der Waals surface area contributed by atoms with Crippen molar-refractivity contribution in [1.29, 1.82) is 0 Å². The van der Waals surface area contributed by atoms with Crippen LogP contribution in [0.5, 0.6) is 0 Å². The highest BCUT2D eigenvalue weighted by molar-refractivity contribution is 4.99. The molecule has 0 saturated carbocycles. The average Bonchev–Trinajstić information content (AvgIpc) is 3.01. The van der Waals surface area contributed by atoms with E-state index < -0.39 is 0 Å². The largest absolute Gasteiger partial charge is 0.333 e. The lowest BCUT2D eigenvalue weighted by Crippen LogP contribution is -2.41. The quantitative estimate of drug-likeness (QED) is 0.820. The van der Waals surface area contributed by atoms with Crippen LogP contribution >= 0.6 is 0 Å². The summed E-state index contributed by atoms with van der Waals surface area (Å²) in [5.41, 5.74) is 1.34. The molecule has 1 N–H and O–H groups in total. The van der Waals surface area contributed by atoms with Crippen molar-refractivity contribution in [2.45, 2.75) is 65.2 Å². The Balaban J connectivity index is 1.96. The number of aromatic nitrogens is 2. The van der Waals surface area contributed by atoms with Gasteiger partial charge in [-0.05, 0) is 39.7 Å². The number of nitrogens with one attached hydrogen (secondary N) is 1. The molecule has 1 fully saturated rings. The Kier molecular flexibility index (Phi) is 5.40. The monoisotopic (exact) mass is 264 g/mol. The molecular weight excluding hydrogens is 236 g/mol. The maximum atomic E-state index is 4.31. The summed E-state index contributed by atoms with van der Waals surface area (Å²) in [7, 11) is 0. The molecular formula is C15H28N4. The predicted octanol–water partition coefficient (Wildman–Crippen LogP) is 2.26. The highest BCUT2D eigenvalue weighted by Gasteiger charge is 2.20. The Bertz CT molecular complexity index is 366. The molecule has 2 heterocycles. The van der Waals surface area contributed by atoms with Gasteiger partial charge in [-0.15, -0.1) is 0 Å². The molecule has 0 amide bonds. The third-order valence-electron chi connectivity index (χ3n) is 3.98. The third-order valence-corrected chi connectivity index (χ3v) is 3.98. The van der Waals surface area contributed by atoms with Gasteiger partial charge >= 0.3 is 0 Å². The van der Waals surface area contributed by atoms with Crippen LogP contribution in [-0.2, 0) is 13.1 Å². The van der Waals surface area contributed by atoms with Gasteiger partial charge in [0.2, 0.25) is 0 Å². The van der Waals surface area contributed by atoms with Gasteiger partial charge in [0.1, 0.15) is 0 Å². The first-order valence-corrected chi connectivity index (χ1v) is 7.67. The fourth-order valence-electron chi connectivity index (χ4n) is 2.78. The van der Waals surface area contributed by atoms with E-state index in [0.717, 1.165) is 26.1 Å². The summed E-state index contributed by atoms with van der Waals surface area (Å²) in [4.78, 5) is 6.87. The molecule has 1 saturated heterocycles. The fourth-order valence-corrected chi connectivity index (χ4v) is 2.78.